The summed E-state index contributed by atoms with van der Waals surface area (Å²) in [7, 11) is 0. The summed E-state index contributed by atoms with van der Waals surface area (Å²) in [6, 6.07) is 4.76. The normalized spacial score (nSPS) is 21.6. The molecule has 41 heavy (non-hydrogen) atoms. The Morgan fingerprint density at radius 1 is 1.29 bits per heavy atom. The molecule has 0 radical (unpaired) electrons. The number of aliphatic imine (C=N–C) groups is 1. The van der Waals surface area contributed by atoms with Crippen LogP contribution in [0.4, 0.5) is 18.0 Å². The van der Waals surface area contributed by atoms with Gasteiger partial charge in [0, 0.05) is 52.6 Å². The number of hydrogen-bond acceptors (Lipinski definition) is 9. The molecule has 3 aliphatic rings. The molecule has 0 bridgehead atoms. The van der Waals surface area contributed by atoms with Crippen LogP contribution in [-0.4, -0.2) is 67.9 Å². The van der Waals surface area contributed by atoms with E-state index in [1.54, 1.807) is 17.2 Å². The average Bonchev–Trinajstić information content (AvgIpc) is 3.73. The highest BCUT2D eigenvalue weighted by atomic mass is 35.5. The van der Waals surface area contributed by atoms with Crippen molar-refractivity contribution in [2.24, 2.45) is 4.99 Å². The van der Waals surface area contributed by atoms with Gasteiger partial charge in [-0.2, -0.15) is 23.5 Å². The number of hydrogen-bond donors (Lipinski definition) is 0. The highest BCUT2D eigenvalue weighted by Gasteiger charge is 2.56. The first kappa shape index (κ1) is 28.5. The first-order valence-corrected chi connectivity index (χ1v) is 13.7. The van der Waals surface area contributed by atoms with Crippen LogP contribution in [0, 0.1) is 5.82 Å². The number of halogens is 4. The summed E-state index contributed by atoms with van der Waals surface area (Å²) in [5, 5.41) is 6.79. The SMILES string of the molecule is CCCN1C(=O)OC[C@]12CC1=C(c3ccn(C(F)F)n3)[C@H](c3ccc(F)cc3Cl)N=C(c3nccs3)N1C2.O=C=O. The Hall–Kier alpha value is -4.00. The molecular formula is C26H22ClF3N6O4S. The summed E-state index contributed by atoms with van der Waals surface area (Å²) >= 11 is 7.91. The molecule has 6 rings (SSSR count). The summed E-state index contributed by atoms with van der Waals surface area (Å²) < 4.78 is 47.1. The van der Waals surface area contributed by atoms with Gasteiger partial charge >= 0.3 is 18.8 Å². The zero-order valence-electron chi connectivity index (χ0n) is 21.5. The van der Waals surface area contributed by atoms with Crippen LogP contribution in [0.1, 0.15) is 48.6 Å². The van der Waals surface area contributed by atoms with E-state index in [1.165, 1.54) is 35.7 Å². The lowest BCUT2D eigenvalue weighted by Gasteiger charge is -2.33. The van der Waals surface area contributed by atoms with Crippen LogP contribution < -0.4 is 0 Å². The number of nitrogens with zero attached hydrogens (tertiary/aromatic N) is 6. The molecule has 1 aromatic carbocycles. The highest BCUT2D eigenvalue weighted by Crippen LogP contribution is 2.50. The second-order valence-corrected chi connectivity index (χ2v) is 10.8. The topological polar surface area (TPSA) is 110 Å². The number of benzene rings is 1. The number of aromatic nitrogens is 3. The molecule has 1 spiro atoms. The number of rotatable bonds is 6. The summed E-state index contributed by atoms with van der Waals surface area (Å²) in [5.74, 6) is 0.0539. The van der Waals surface area contributed by atoms with E-state index >= 15 is 0 Å². The summed E-state index contributed by atoms with van der Waals surface area (Å²) in [4.78, 5) is 42.2. The zero-order chi connectivity index (χ0) is 29.3. The fourth-order valence-electron chi connectivity index (χ4n) is 5.42. The predicted octanol–water partition coefficient (Wildman–Crippen LogP) is 5.16. The minimum Gasteiger partial charge on any atom is -0.447 e. The van der Waals surface area contributed by atoms with Crippen molar-refractivity contribution in [3.8, 4) is 0 Å². The maximum absolute atomic E-state index is 14.0. The number of amidine groups is 1. The van der Waals surface area contributed by atoms with Gasteiger partial charge in [-0.25, -0.2) is 18.9 Å². The standard InChI is InChI=1S/C25H22ClF3N6O2S.CO2/c1-2-7-34-24(36)37-13-25(34)11-18-19(17-5-8-35(32-17)23(28)29)20(15-4-3-14(27)10-16(15)26)31-21(33(18)12-25)22-30-6-9-38-22;2-1-3/h3-6,8-10,20,23H,2,7,11-13H2,1H3;/t20-,25+;/m0./s1. The van der Waals surface area contributed by atoms with E-state index in [0.29, 0.717) is 51.9 Å². The molecular weight excluding hydrogens is 585 g/mol. The molecule has 2 saturated heterocycles. The maximum Gasteiger partial charge on any atom is 0.410 e. The Kier molecular flexibility index (Phi) is 7.98. The minimum absolute atomic E-state index is 0.150. The van der Waals surface area contributed by atoms with E-state index in [-0.39, 0.29) is 23.9 Å². The van der Waals surface area contributed by atoms with Crippen molar-refractivity contribution >= 4 is 46.6 Å². The van der Waals surface area contributed by atoms with Crippen molar-refractivity contribution in [2.75, 3.05) is 19.7 Å². The molecule has 2 fully saturated rings. The summed E-state index contributed by atoms with van der Waals surface area (Å²) in [5.41, 5.74) is 1.43. The second-order valence-electron chi connectivity index (χ2n) is 9.45. The molecule has 3 aromatic rings. The van der Waals surface area contributed by atoms with Crippen molar-refractivity contribution in [3.05, 3.63) is 74.8 Å². The third-order valence-corrected chi connectivity index (χ3v) is 8.13. The zero-order valence-corrected chi connectivity index (χ0v) is 23.0. The van der Waals surface area contributed by atoms with Gasteiger partial charge in [0.05, 0.1) is 12.2 Å². The molecule has 2 atom stereocenters. The molecule has 3 aliphatic heterocycles. The predicted molar refractivity (Wildman–Crippen MR) is 141 cm³/mol. The van der Waals surface area contributed by atoms with Crippen LogP contribution in [-0.2, 0) is 14.3 Å². The summed E-state index contributed by atoms with van der Waals surface area (Å²) in [6.45, 7) is 0.226. The van der Waals surface area contributed by atoms with Gasteiger partial charge in [-0.15, -0.1) is 11.3 Å². The molecule has 15 heteroatoms. The number of cyclic esters (lactones) is 1. The fourth-order valence-corrected chi connectivity index (χ4v) is 6.33. The monoisotopic (exact) mass is 606 g/mol. The third kappa shape index (κ3) is 5.14. The molecule has 0 saturated carbocycles. The Balaban J connectivity index is 0.00000108. The molecule has 0 N–H and O–H groups in total. The lowest BCUT2D eigenvalue weighted by atomic mass is 9.90. The Labute approximate surface area is 240 Å². The fraction of sp³-hybridized carbons (Fsp3) is 0.346. The van der Waals surface area contributed by atoms with Crippen molar-refractivity contribution in [1.29, 1.82) is 0 Å². The van der Waals surface area contributed by atoms with Gasteiger partial charge in [-0.1, -0.05) is 24.6 Å². The summed E-state index contributed by atoms with van der Waals surface area (Å²) in [6.07, 6.45) is 3.86. The molecule has 5 heterocycles. The van der Waals surface area contributed by atoms with Gasteiger partial charge in [-0.3, -0.25) is 9.89 Å². The third-order valence-electron chi connectivity index (χ3n) is 7.04. The van der Waals surface area contributed by atoms with Gasteiger partial charge < -0.3 is 9.64 Å². The van der Waals surface area contributed by atoms with E-state index < -0.39 is 23.9 Å². The van der Waals surface area contributed by atoms with Gasteiger partial charge in [0.1, 0.15) is 24.0 Å². The van der Waals surface area contributed by atoms with Gasteiger partial charge in [0.2, 0.25) is 0 Å². The number of carbonyl (C=O) groups is 1. The lowest BCUT2D eigenvalue weighted by molar-refractivity contribution is -0.191. The van der Waals surface area contributed by atoms with Crippen LogP contribution in [0.3, 0.4) is 0 Å². The van der Waals surface area contributed by atoms with Crippen LogP contribution in [0.2, 0.25) is 5.02 Å². The minimum atomic E-state index is -2.83. The van der Waals surface area contributed by atoms with Crippen molar-refractivity contribution < 1.29 is 32.3 Å². The quantitative estimate of drug-likeness (QED) is 0.381. The Bertz CT molecular complexity index is 1560. The average molecular weight is 607 g/mol. The number of alkyl halides is 2. The van der Waals surface area contributed by atoms with Gasteiger partial charge in [0.15, 0.2) is 10.8 Å². The first-order chi connectivity index (χ1) is 19.7. The second kappa shape index (κ2) is 11.5. The number of carbonyl (C=O) groups excluding carboxylic acids is 3. The van der Waals surface area contributed by atoms with Crippen molar-refractivity contribution in [3.63, 3.8) is 0 Å². The van der Waals surface area contributed by atoms with E-state index in [0.717, 1.165) is 12.1 Å². The van der Waals surface area contributed by atoms with Crippen LogP contribution in [0.25, 0.3) is 5.57 Å². The van der Waals surface area contributed by atoms with Crippen LogP contribution in [0.15, 0.2) is 52.7 Å². The lowest BCUT2D eigenvalue weighted by Crippen LogP contribution is -2.50. The van der Waals surface area contributed by atoms with E-state index in [1.807, 2.05) is 17.2 Å². The molecule has 214 valence electrons. The number of amides is 1. The van der Waals surface area contributed by atoms with Crippen LogP contribution >= 0.6 is 22.9 Å². The Morgan fingerprint density at radius 3 is 2.71 bits per heavy atom. The molecule has 0 aliphatic carbocycles. The smallest absolute Gasteiger partial charge is 0.410 e. The van der Waals surface area contributed by atoms with Gasteiger partial charge in [0.25, 0.3) is 0 Å². The van der Waals surface area contributed by atoms with Crippen LogP contribution in [0.5, 0.6) is 0 Å². The van der Waals surface area contributed by atoms with E-state index in [9.17, 15) is 18.0 Å². The van der Waals surface area contributed by atoms with Crippen molar-refractivity contribution in [2.45, 2.75) is 37.9 Å². The van der Waals surface area contributed by atoms with E-state index in [2.05, 4.69) is 10.1 Å². The molecule has 2 aromatic heterocycles. The Morgan fingerprint density at radius 2 is 2.07 bits per heavy atom. The van der Waals surface area contributed by atoms with Crippen molar-refractivity contribution in [1.82, 2.24) is 24.6 Å². The molecule has 1 amide bonds. The van der Waals surface area contributed by atoms with Gasteiger partial charge in [-0.05, 0) is 24.6 Å². The largest absolute Gasteiger partial charge is 0.447 e. The number of thiazole rings is 1. The molecule has 0 unspecified atom stereocenters. The maximum atomic E-state index is 14.0. The first-order valence-electron chi connectivity index (χ1n) is 12.4. The number of ether oxygens (including phenoxy) is 1. The molecule has 10 nitrogen and oxygen atoms in total. The highest BCUT2D eigenvalue weighted by molar-refractivity contribution is 7.11. The van der Waals surface area contributed by atoms with E-state index in [4.69, 9.17) is 30.9 Å². The number of fused-ring (bicyclic) bond motifs is 1.